The lowest BCUT2D eigenvalue weighted by atomic mass is 9.98. The van der Waals surface area contributed by atoms with Gasteiger partial charge in [-0.1, -0.05) is 11.6 Å². The fourth-order valence-corrected chi connectivity index (χ4v) is 3.85. The number of aromatic amines is 1. The zero-order valence-electron chi connectivity index (χ0n) is 17.6. The highest BCUT2D eigenvalue weighted by atomic mass is 19.4. The quantitative estimate of drug-likeness (QED) is 0.351. The zero-order chi connectivity index (χ0) is 23.6. The Hall–Kier alpha value is -3.43. The van der Waals surface area contributed by atoms with Crippen molar-refractivity contribution >= 4 is 11.9 Å². The SMILES string of the molecule is Cc1cc(F)cc(F)c1CCCCC1C=NC(c2cc(-c3nn[nH]c3C(F)(F)F)ccn2)=C1. The van der Waals surface area contributed by atoms with E-state index in [0.29, 0.717) is 28.9 Å². The first-order chi connectivity index (χ1) is 15.7. The molecule has 33 heavy (non-hydrogen) atoms. The van der Waals surface area contributed by atoms with Crippen LogP contribution in [0.2, 0.25) is 0 Å². The van der Waals surface area contributed by atoms with E-state index in [9.17, 15) is 22.0 Å². The number of pyridine rings is 1. The fraction of sp³-hybridized carbons (Fsp3) is 0.304. The molecule has 0 spiro atoms. The van der Waals surface area contributed by atoms with E-state index >= 15 is 0 Å². The van der Waals surface area contributed by atoms with Gasteiger partial charge in [-0.2, -0.15) is 13.2 Å². The van der Waals surface area contributed by atoms with E-state index in [1.54, 1.807) is 13.1 Å². The minimum Gasteiger partial charge on any atom is -0.259 e. The van der Waals surface area contributed by atoms with Gasteiger partial charge >= 0.3 is 6.18 Å². The van der Waals surface area contributed by atoms with Crippen molar-refractivity contribution < 1.29 is 22.0 Å². The minimum atomic E-state index is -4.60. The largest absolute Gasteiger partial charge is 0.435 e. The zero-order valence-corrected chi connectivity index (χ0v) is 17.6. The van der Waals surface area contributed by atoms with Crippen LogP contribution in [0, 0.1) is 24.5 Å². The number of alkyl halides is 3. The number of aliphatic imine (C=N–C) groups is 1. The van der Waals surface area contributed by atoms with Crippen molar-refractivity contribution in [3.8, 4) is 11.3 Å². The first kappa shape index (κ1) is 22.8. The molecule has 10 heteroatoms. The maximum Gasteiger partial charge on any atom is 0.435 e. The van der Waals surface area contributed by atoms with Crippen LogP contribution in [0.5, 0.6) is 0 Å². The second kappa shape index (κ2) is 9.21. The summed E-state index contributed by atoms with van der Waals surface area (Å²) in [5, 5.41) is 8.75. The van der Waals surface area contributed by atoms with Crippen LogP contribution in [-0.4, -0.2) is 26.6 Å². The van der Waals surface area contributed by atoms with Crippen molar-refractivity contribution in [2.45, 2.75) is 38.8 Å². The summed E-state index contributed by atoms with van der Waals surface area (Å²) in [7, 11) is 0. The highest BCUT2D eigenvalue weighted by molar-refractivity contribution is 5.83. The van der Waals surface area contributed by atoms with Crippen molar-refractivity contribution in [1.29, 1.82) is 0 Å². The second-order valence-corrected chi connectivity index (χ2v) is 7.89. The van der Waals surface area contributed by atoms with Gasteiger partial charge in [0.2, 0.25) is 0 Å². The number of allylic oxidation sites excluding steroid dienone is 1. The molecule has 0 saturated heterocycles. The van der Waals surface area contributed by atoms with Crippen LogP contribution in [-0.2, 0) is 12.6 Å². The van der Waals surface area contributed by atoms with Crippen LogP contribution >= 0.6 is 0 Å². The molecule has 5 nitrogen and oxygen atoms in total. The molecule has 2 aromatic heterocycles. The van der Waals surface area contributed by atoms with Gasteiger partial charge in [0, 0.05) is 30.0 Å². The van der Waals surface area contributed by atoms with Crippen LogP contribution in [0.1, 0.15) is 41.8 Å². The van der Waals surface area contributed by atoms with E-state index in [-0.39, 0.29) is 17.2 Å². The Kier molecular flexibility index (Phi) is 6.35. The Labute approximate surface area is 186 Å². The molecule has 1 aliphatic rings. The lowest BCUT2D eigenvalue weighted by molar-refractivity contribution is -0.140. The van der Waals surface area contributed by atoms with Crippen LogP contribution in [0.15, 0.2) is 41.5 Å². The number of unbranched alkanes of at least 4 members (excludes halogenated alkanes) is 1. The second-order valence-electron chi connectivity index (χ2n) is 7.89. The maximum atomic E-state index is 14.0. The number of nitrogens with one attached hydrogen (secondary N) is 1. The first-order valence-electron chi connectivity index (χ1n) is 10.4. The summed E-state index contributed by atoms with van der Waals surface area (Å²) < 4.78 is 66.6. The normalized spacial score (nSPS) is 15.8. The van der Waals surface area contributed by atoms with Crippen molar-refractivity contribution in [3.63, 3.8) is 0 Å². The Bertz CT molecular complexity index is 1190. The molecule has 0 amide bonds. The van der Waals surface area contributed by atoms with Crippen LogP contribution < -0.4 is 0 Å². The van der Waals surface area contributed by atoms with Crippen molar-refractivity contribution in [1.82, 2.24) is 20.4 Å². The predicted octanol–water partition coefficient (Wildman–Crippen LogP) is 5.93. The molecule has 0 saturated carbocycles. The van der Waals surface area contributed by atoms with E-state index in [0.717, 1.165) is 25.3 Å². The molecule has 0 aliphatic carbocycles. The third kappa shape index (κ3) is 5.15. The summed E-state index contributed by atoms with van der Waals surface area (Å²) >= 11 is 0. The lowest BCUT2D eigenvalue weighted by Crippen LogP contribution is -2.07. The molecule has 3 aromatic rings. The molecule has 1 unspecified atom stereocenters. The van der Waals surface area contributed by atoms with E-state index in [1.807, 2.05) is 11.2 Å². The fourth-order valence-electron chi connectivity index (χ4n) is 3.85. The number of hydrogen-bond donors (Lipinski definition) is 1. The smallest absolute Gasteiger partial charge is 0.259 e. The summed E-state index contributed by atoms with van der Waals surface area (Å²) in [6.45, 7) is 1.69. The summed E-state index contributed by atoms with van der Waals surface area (Å²) in [5.41, 5.74) is 1.05. The monoisotopic (exact) mass is 461 g/mol. The molecular formula is C23H20F5N5. The first-order valence-corrected chi connectivity index (χ1v) is 10.4. The number of benzene rings is 1. The molecule has 1 N–H and O–H groups in total. The highest BCUT2D eigenvalue weighted by Crippen LogP contribution is 2.35. The van der Waals surface area contributed by atoms with Gasteiger partial charge in [-0.25, -0.2) is 8.78 Å². The van der Waals surface area contributed by atoms with Gasteiger partial charge in [-0.3, -0.25) is 15.1 Å². The summed E-state index contributed by atoms with van der Waals surface area (Å²) in [5.74, 6) is -1.06. The Balaban J connectivity index is 1.39. The number of hydrogen-bond acceptors (Lipinski definition) is 4. The average Bonchev–Trinajstić information content (AvgIpc) is 3.42. The number of rotatable bonds is 7. The van der Waals surface area contributed by atoms with Gasteiger partial charge < -0.3 is 0 Å². The molecule has 1 atom stereocenters. The molecule has 172 valence electrons. The highest BCUT2D eigenvalue weighted by Gasteiger charge is 2.37. The molecule has 0 bridgehead atoms. The van der Waals surface area contributed by atoms with Gasteiger partial charge in [-0.15, -0.1) is 5.10 Å². The maximum absolute atomic E-state index is 14.0. The van der Waals surface area contributed by atoms with E-state index in [1.165, 1.54) is 24.4 Å². The molecule has 0 radical (unpaired) electrons. The van der Waals surface area contributed by atoms with Gasteiger partial charge in [0.1, 0.15) is 17.3 Å². The Morgan fingerprint density at radius 2 is 1.91 bits per heavy atom. The number of aromatic nitrogens is 4. The van der Waals surface area contributed by atoms with Crippen molar-refractivity contribution in [2.75, 3.05) is 0 Å². The van der Waals surface area contributed by atoms with E-state index in [2.05, 4.69) is 20.3 Å². The molecule has 0 fully saturated rings. The number of nitrogens with zero attached hydrogens (tertiary/aromatic N) is 4. The van der Waals surface area contributed by atoms with Crippen molar-refractivity contribution in [3.05, 3.63) is 70.7 Å². The van der Waals surface area contributed by atoms with Crippen LogP contribution in [0.25, 0.3) is 17.0 Å². The summed E-state index contributed by atoms with van der Waals surface area (Å²) in [6.07, 6.45) is 3.30. The third-order valence-corrected chi connectivity index (χ3v) is 5.50. The molecule has 3 heterocycles. The average molecular weight is 461 g/mol. The third-order valence-electron chi connectivity index (χ3n) is 5.50. The van der Waals surface area contributed by atoms with E-state index < -0.39 is 23.5 Å². The lowest BCUT2D eigenvalue weighted by Gasteiger charge is -2.08. The van der Waals surface area contributed by atoms with Gasteiger partial charge in [0.15, 0.2) is 5.69 Å². The topological polar surface area (TPSA) is 66.8 Å². The molecule has 4 rings (SSSR count). The Morgan fingerprint density at radius 3 is 2.67 bits per heavy atom. The number of aryl methyl sites for hydroxylation is 1. The standard InChI is InChI=1S/C23H20F5N5/c1-13-8-16(24)11-18(25)17(13)5-3-2-4-14-9-19(30-12-14)20-10-15(6-7-29-20)21-22(23(26,27)28)32-33-31-21/h6-12,14H,2-5H2,1H3,(H,31,32,33). The van der Waals surface area contributed by atoms with Gasteiger partial charge in [-0.05, 0) is 61.6 Å². The molecule has 1 aliphatic heterocycles. The number of H-pyrrole nitrogens is 1. The number of halogens is 5. The predicted molar refractivity (Wildman–Crippen MR) is 113 cm³/mol. The Morgan fingerprint density at radius 1 is 1.09 bits per heavy atom. The molecule has 1 aromatic carbocycles. The van der Waals surface area contributed by atoms with Gasteiger partial charge in [0.25, 0.3) is 0 Å². The van der Waals surface area contributed by atoms with Crippen molar-refractivity contribution in [2.24, 2.45) is 10.9 Å². The van der Waals surface area contributed by atoms with Gasteiger partial charge in [0.05, 0.1) is 11.4 Å². The molecular weight excluding hydrogens is 441 g/mol. The minimum absolute atomic E-state index is 0.0439. The van der Waals surface area contributed by atoms with E-state index in [4.69, 9.17) is 0 Å². The van der Waals surface area contributed by atoms with Crippen LogP contribution in [0.4, 0.5) is 22.0 Å². The summed E-state index contributed by atoms with van der Waals surface area (Å²) in [4.78, 5) is 8.59. The summed E-state index contributed by atoms with van der Waals surface area (Å²) in [6, 6.07) is 5.16. The van der Waals surface area contributed by atoms with Crippen LogP contribution in [0.3, 0.4) is 0 Å².